The zero-order valence-corrected chi connectivity index (χ0v) is 12.8. The summed E-state index contributed by atoms with van der Waals surface area (Å²) in [6, 6.07) is 7.34. The molecule has 1 fully saturated rings. The fraction of sp³-hybridized carbons (Fsp3) is 0.588. The second-order valence-corrected chi connectivity index (χ2v) is 6.87. The van der Waals surface area contributed by atoms with Gasteiger partial charge in [0.2, 0.25) is 0 Å². The first-order valence-electron chi connectivity index (χ1n) is 7.30. The molecule has 0 aliphatic heterocycles. The lowest BCUT2D eigenvalue weighted by Gasteiger charge is -2.37. The molecule has 0 spiro atoms. The topological polar surface area (TPSA) is 35.5 Å². The van der Waals surface area contributed by atoms with Crippen LogP contribution >= 0.6 is 0 Å². The molecule has 1 saturated carbocycles. The van der Waals surface area contributed by atoms with Gasteiger partial charge in [-0.3, -0.25) is 4.89 Å². The highest BCUT2D eigenvalue weighted by Crippen LogP contribution is 2.39. The van der Waals surface area contributed by atoms with Crippen molar-refractivity contribution < 1.29 is 14.6 Å². The maximum Gasteiger partial charge on any atom is 0.373 e. The predicted molar refractivity (Wildman–Crippen MR) is 78.3 cm³/mol. The Labute approximate surface area is 121 Å². The van der Waals surface area contributed by atoms with Gasteiger partial charge in [-0.1, -0.05) is 38.5 Å². The summed E-state index contributed by atoms with van der Waals surface area (Å²) in [7, 11) is 0. The molecule has 0 N–H and O–H groups in total. The summed E-state index contributed by atoms with van der Waals surface area (Å²) < 4.78 is 0. The summed E-state index contributed by atoms with van der Waals surface area (Å²) in [5.74, 6) is 0.186. The third-order valence-electron chi connectivity index (χ3n) is 3.86. The molecule has 110 valence electrons. The molecule has 0 saturated heterocycles. The molecule has 2 atom stereocenters. The van der Waals surface area contributed by atoms with Crippen LogP contribution in [-0.4, -0.2) is 12.1 Å². The molecule has 20 heavy (non-hydrogen) atoms. The van der Waals surface area contributed by atoms with E-state index >= 15 is 0 Å². The lowest BCUT2D eigenvalue weighted by molar-refractivity contribution is -0.287. The van der Waals surface area contributed by atoms with Crippen molar-refractivity contribution >= 4 is 5.97 Å². The van der Waals surface area contributed by atoms with Crippen LogP contribution in [-0.2, 0) is 9.78 Å². The van der Waals surface area contributed by atoms with Gasteiger partial charge in [0.15, 0.2) is 0 Å². The third-order valence-corrected chi connectivity index (χ3v) is 3.86. The molecule has 0 bridgehead atoms. The first kappa shape index (κ1) is 15.0. The lowest BCUT2D eigenvalue weighted by atomic mass is 9.71. The first-order valence-corrected chi connectivity index (χ1v) is 7.30. The molecule has 1 aromatic carbocycles. The van der Waals surface area contributed by atoms with Gasteiger partial charge < -0.3 is 0 Å². The summed E-state index contributed by atoms with van der Waals surface area (Å²) in [4.78, 5) is 22.4. The van der Waals surface area contributed by atoms with Gasteiger partial charge in [0.25, 0.3) is 0 Å². The zero-order valence-electron chi connectivity index (χ0n) is 12.8. The number of aryl methyl sites for hydroxylation is 1. The molecule has 2 rings (SSSR count). The van der Waals surface area contributed by atoms with Gasteiger partial charge in [-0.05, 0) is 49.7 Å². The maximum absolute atomic E-state index is 11.9. The average Bonchev–Trinajstić information content (AvgIpc) is 2.33. The number of hydrogen-bond acceptors (Lipinski definition) is 3. The minimum Gasteiger partial charge on any atom is -0.293 e. The second-order valence-electron chi connectivity index (χ2n) is 6.87. The van der Waals surface area contributed by atoms with E-state index in [9.17, 15) is 4.79 Å². The molecule has 2 unspecified atom stereocenters. The Balaban J connectivity index is 1.90. The Morgan fingerprint density at radius 2 is 2.05 bits per heavy atom. The molecule has 3 nitrogen and oxygen atoms in total. The predicted octanol–water partition coefficient (Wildman–Crippen LogP) is 4.30. The molecule has 1 aliphatic rings. The van der Waals surface area contributed by atoms with E-state index in [1.165, 1.54) is 6.42 Å². The van der Waals surface area contributed by atoms with E-state index in [0.717, 1.165) is 18.4 Å². The third kappa shape index (κ3) is 4.07. The summed E-state index contributed by atoms with van der Waals surface area (Å²) in [5.41, 5.74) is 1.82. The van der Waals surface area contributed by atoms with E-state index in [-0.39, 0.29) is 11.5 Å². The number of rotatable bonds is 3. The van der Waals surface area contributed by atoms with Crippen LogP contribution in [0.2, 0.25) is 0 Å². The minimum atomic E-state index is -0.412. The highest BCUT2D eigenvalue weighted by atomic mass is 17.2. The van der Waals surface area contributed by atoms with E-state index in [0.29, 0.717) is 11.5 Å². The average molecular weight is 276 g/mol. The van der Waals surface area contributed by atoms with Gasteiger partial charge >= 0.3 is 5.97 Å². The SMILES string of the molecule is Cc1cccc(C(=O)OOC2CC(C)CC(C)(C)C2)c1. The molecule has 3 heteroatoms. The molecule has 1 aromatic rings. The summed E-state index contributed by atoms with van der Waals surface area (Å²) >= 11 is 0. The molecular formula is C17H24O3. The monoisotopic (exact) mass is 276 g/mol. The van der Waals surface area contributed by atoms with E-state index in [2.05, 4.69) is 20.8 Å². The Bertz CT molecular complexity index is 479. The molecule has 0 amide bonds. The molecular weight excluding hydrogens is 252 g/mol. The Hall–Kier alpha value is -1.35. The van der Waals surface area contributed by atoms with Crippen molar-refractivity contribution in [2.75, 3.05) is 0 Å². The van der Waals surface area contributed by atoms with Crippen LogP contribution in [0.15, 0.2) is 24.3 Å². The van der Waals surface area contributed by atoms with E-state index in [4.69, 9.17) is 9.78 Å². The normalized spacial score (nSPS) is 25.2. The van der Waals surface area contributed by atoms with Crippen molar-refractivity contribution in [2.24, 2.45) is 11.3 Å². The van der Waals surface area contributed by atoms with Crippen molar-refractivity contribution in [3.8, 4) is 0 Å². The standard InChI is InChI=1S/C17H24O3/c1-12-6-5-7-14(8-12)16(18)20-19-15-9-13(2)10-17(3,4)11-15/h5-8,13,15H,9-11H2,1-4H3. The van der Waals surface area contributed by atoms with Crippen molar-refractivity contribution in [1.29, 1.82) is 0 Å². The number of carbonyl (C=O) groups is 1. The van der Waals surface area contributed by atoms with Gasteiger partial charge in [-0.2, -0.15) is 4.89 Å². The second kappa shape index (κ2) is 5.96. The minimum absolute atomic E-state index is 0.00232. The van der Waals surface area contributed by atoms with Crippen LogP contribution in [0, 0.1) is 18.3 Å². The van der Waals surface area contributed by atoms with E-state index in [1.807, 2.05) is 19.1 Å². The lowest BCUT2D eigenvalue weighted by Crippen LogP contribution is -2.33. The van der Waals surface area contributed by atoms with Crippen molar-refractivity contribution in [3.05, 3.63) is 35.4 Å². The number of carbonyl (C=O) groups excluding carboxylic acids is 1. The summed E-state index contributed by atoms with van der Waals surface area (Å²) in [6.07, 6.45) is 3.07. The maximum atomic E-state index is 11.9. The van der Waals surface area contributed by atoms with Crippen molar-refractivity contribution in [3.63, 3.8) is 0 Å². The molecule has 0 radical (unpaired) electrons. The highest BCUT2D eigenvalue weighted by Gasteiger charge is 2.33. The number of hydrogen-bond donors (Lipinski definition) is 0. The van der Waals surface area contributed by atoms with Gasteiger partial charge in [-0.15, -0.1) is 0 Å². The van der Waals surface area contributed by atoms with E-state index < -0.39 is 5.97 Å². The van der Waals surface area contributed by atoms with Crippen LogP contribution in [0.25, 0.3) is 0 Å². The van der Waals surface area contributed by atoms with E-state index in [1.54, 1.807) is 12.1 Å². The van der Waals surface area contributed by atoms with Crippen LogP contribution < -0.4 is 0 Å². The van der Waals surface area contributed by atoms with Gasteiger partial charge in [0.1, 0.15) is 6.10 Å². The van der Waals surface area contributed by atoms with Crippen LogP contribution in [0.1, 0.15) is 56.0 Å². The van der Waals surface area contributed by atoms with Crippen LogP contribution in [0.3, 0.4) is 0 Å². The number of benzene rings is 1. The fourth-order valence-corrected chi connectivity index (χ4v) is 3.26. The largest absolute Gasteiger partial charge is 0.373 e. The summed E-state index contributed by atoms with van der Waals surface area (Å²) in [6.45, 7) is 8.64. The molecule has 0 aromatic heterocycles. The van der Waals surface area contributed by atoms with Crippen LogP contribution in [0.4, 0.5) is 0 Å². The Kier molecular flexibility index (Phi) is 4.48. The zero-order chi connectivity index (χ0) is 14.8. The molecule has 1 aliphatic carbocycles. The van der Waals surface area contributed by atoms with Gasteiger partial charge in [-0.25, -0.2) is 4.79 Å². The fourth-order valence-electron chi connectivity index (χ4n) is 3.26. The smallest absolute Gasteiger partial charge is 0.293 e. The van der Waals surface area contributed by atoms with Crippen molar-refractivity contribution in [2.45, 2.75) is 53.1 Å². The Morgan fingerprint density at radius 3 is 2.70 bits per heavy atom. The van der Waals surface area contributed by atoms with Crippen molar-refractivity contribution in [1.82, 2.24) is 0 Å². The molecule has 0 heterocycles. The van der Waals surface area contributed by atoms with Gasteiger partial charge in [0.05, 0.1) is 5.56 Å². The Morgan fingerprint density at radius 1 is 1.30 bits per heavy atom. The quantitative estimate of drug-likeness (QED) is 0.610. The van der Waals surface area contributed by atoms with Gasteiger partial charge in [0, 0.05) is 0 Å². The summed E-state index contributed by atoms with van der Waals surface area (Å²) in [5, 5.41) is 0. The van der Waals surface area contributed by atoms with Crippen LogP contribution in [0.5, 0.6) is 0 Å². The highest BCUT2D eigenvalue weighted by molar-refractivity contribution is 5.89. The first-order chi connectivity index (χ1) is 9.35.